The molecule has 30 heavy (non-hydrogen) atoms. The molecule has 1 saturated heterocycles. The van der Waals surface area contributed by atoms with Crippen molar-refractivity contribution in [3.63, 3.8) is 0 Å². The van der Waals surface area contributed by atoms with Crippen LogP contribution in [-0.4, -0.2) is 33.7 Å². The Balaban J connectivity index is 1.74. The zero-order chi connectivity index (χ0) is 21.2. The maximum absolute atomic E-state index is 15.4. The van der Waals surface area contributed by atoms with Gasteiger partial charge in [0.25, 0.3) is 5.56 Å². The molecule has 160 valence electrons. The lowest BCUT2D eigenvalue weighted by Crippen LogP contribution is -2.30. The van der Waals surface area contributed by atoms with Crippen LogP contribution in [0.15, 0.2) is 21.3 Å². The lowest BCUT2D eigenvalue weighted by atomic mass is 10.0. The van der Waals surface area contributed by atoms with Gasteiger partial charge in [0.15, 0.2) is 5.84 Å². The number of hydrogen-bond acceptors (Lipinski definition) is 6. The van der Waals surface area contributed by atoms with Crippen molar-refractivity contribution in [3.05, 3.63) is 39.4 Å². The second kappa shape index (κ2) is 7.14. The fourth-order valence-electron chi connectivity index (χ4n) is 4.64. The van der Waals surface area contributed by atoms with Crippen LogP contribution in [0.3, 0.4) is 0 Å². The standard InChI is InChI=1S/C20H24FN5O3S/c1-10-18-14(7-16(21)19(10)25-6-5-12(9-25)11(2)22)15(20-23-29-30(28)24-20)8-17(27)26(18)13-3-4-13/h7-8,11-13H,3-6,9,22H2,1-2H3,(H,23,24)/t11-,12+,30?/m0/s1. The summed E-state index contributed by atoms with van der Waals surface area (Å²) in [5.74, 6) is 0.122. The number of anilines is 1. The minimum atomic E-state index is -1.88. The van der Waals surface area contributed by atoms with Gasteiger partial charge < -0.3 is 15.2 Å². The highest BCUT2D eigenvalue weighted by atomic mass is 32.2. The predicted octanol–water partition coefficient (Wildman–Crippen LogP) is 1.82. The molecule has 8 nitrogen and oxygen atoms in total. The molecule has 0 radical (unpaired) electrons. The monoisotopic (exact) mass is 433 g/mol. The average molecular weight is 434 g/mol. The molecule has 3 atom stereocenters. The number of nitrogens with zero attached hydrogens (tertiary/aromatic N) is 3. The van der Waals surface area contributed by atoms with Crippen LogP contribution in [0, 0.1) is 18.7 Å². The number of amidine groups is 1. The number of benzene rings is 1. The fourth-order valence-corrected chi connectivity index (χ4v) is 5.12. The zero-order valence-corrected chi connectivity index (χ0v) is 17.7. The van der Waals surface area contributed by atoms with Gasteiger partial charge in [-0.25, -0.2) is 14.1 Å². The molecule has 1 aromatic heterocycles. The molecule has 1 unspecified atom stereocenters. The molecule has 5 rings (SSSR count). The van der Waals surface area contributed by atoms with Crippen LogP contribution in [0.4, 0.5) is 10.1 Å². The van der Waals surface area contributed by atoms with Gasteiger partial charge in [0.05, 0.1) is 11.2 Å². The van der Waals surface area contributed by atoms with Crippen LogP contribution >= 0.6 is 0 Å². The first-order valence-corrected chi connectivity index (χ1v) is 11.2. The Morgan fingerprint density at radius 2 is 2.13 bits per heavy atom. The van der Waals surface area contributed by atoms with Gasteiger partial charge in [0.2, 0.25) is 0 Å². The number of nitrogens with one attached hydrogen (secondary N) is 1. The van der Waals surface area contributed by atoms with E-state index in [4.69, 9.17) is 10.0 Å². The first-order chi connectivity index (χ1) is 14.3. The Labute approximate surface area is 175 Å². The van der Waals surface area contributed by atoms with Crippen molar-refractivity contribution in [2.45, 2.75) is 45.2 Å². The third kappa shape index (κ3) is 3.14. The van der Waals surface area contributed by atoms with Crippen LogP contribution in [0.5, 0.6) is 0 Å². The number of aryl methyl sites for hydroxylation is 1. The minimum Gasteiger partial charge on any atom is -0.369 e. The van der Waals surface area contributed by atoms with E-state index in [2.05, 4.69) is 9.88 Å². The van der Waals surface area contributed by atoms with Gasteiger partial charge in [-0.05, 0) is 50.7 Å². The van der Waals surface area contributed by atoms with E-state index >= 15 is 4.39 Å². The number of hydrogen-bond donors (Lipinski definition) is 2. The van der Waals surface area contributed by atoms with Crippen LogP contribution < -0.4 is 21.7 Å². The quantitative estimate of drug-likeness (QED) is 0.763. The van der Waals surface area contributed by atoms with Crippen molar-refractivity contribution in [2.24, 2.45) is 16.0 Å². The third-order valence-electron chi connectivity index (χ3n) is 6.33. The van der Waals surface area contributed by atoms with E-state index in [0.717, 1.165) is 31.4 Å². The summed E-state index contributed by atoms with van der Waals surface area (Å²) < 4.78 is 37.4. The highest BCUT2D eigenvalue weighted by Gasteiger charge is 2.33. The number of halogens is 1. The van der Waals surface area contributed by atoms with E-state index in [1.165, 1.54) is 12.1 Å². The van der Waals surface area contributed by atoms with Crippen molar-refractivity contribution in [1.82, 2.24) is 10.0 Å². The molecule has 2 aliphatic heterocycles. The van der Waals surface area contributed by atoms with E-state index in [-0.39, 0.29) is 29.3 Å². The normalized spacial score (nSPS) is 24.9. The lowest BCUT2D eigenvalue weighted by Gasteiger charge is -2.25. The summed E-state index contributed by atoms with van der Waals surface area (Å²) in [6, 6.07) is 3.03. The SMILES string of the molecule is Cc1c(N2CC[C@@H]([C@H](C)N)C2)c(F)cc2c(C3=NS(=O)ON3)cc(=O)n(C3CC3)c12. The molecule has 3 aliphatic rings. The molecule has 0 bridgehead atoms. The van der Waals surface area contributed by atoms with Gasteiger partial charge in [0, 0.05) is 42.2 Å². The first kappa shape index (κ1) is 19.7. The molecule has 1 saturated carbocycles. The van der Waals surface area contributed by atoms with E-state index < -0.39 is 11.3 Å². The van der Waals surface area contributed by atoms with Gasteiger partial charge in [-0.3, -0.25) is 4.79 Å². The number of fused-ring (bicyclic) bond motifs is 1. The zero-order valence-electron chi connectivity index (χ0n) is 16.9. The summed E-state index contributed by atoms with van der Waals surface area (Å²) in [7, 11) is 0. The summed E-state index contributed by atoms with van der Waals surface area (Å²) in [6.45, 7) is 5.26. The lowest BCUT2D eigenvalue weighted by molar-refractivity contribution is 0.306. The Hall–Kier alpha value is -2.30. The number of nitrogens with two attached hydrogens (primary N) is 1. The van der Waals surface area contributed by atoms with Crippen molar-refractivity contribution < 1.29 is 12.9 Å². The second-order valence-corrected chi connectivity index (χ2v) is 9.21. The van der Waals surface area contributed by atoms with Gasteiger partial charge in [-0.2, -0.15) is 4.28 Å². The second-order valence-electron chi connectivity index (χ2n) is 8.42. The molecule has 2 aromatic rings. The molecule has 10 heteroatoms. The van der Waals surface area contributed by atoms with Gasteiger partial charge >= 0.3 is 11.3 Å². The number of hydroxylamine groups is 1. The molecule has 2 fully saturated rings. The number of rotatable bonds is 4. The Morgan fingerprint density at radius 3 is 2.73 bits per heavy atom. The maximum Gasteiger partial charge on any atom is 0.309 e. The van der Waals surface area contributed by atoms with Crippen LogP contribution in [-0.2, 0) is 15.6 Å². The van der Waals surface area contributed by atoms with Gasteiger partial charge in [-0.15, -0.1) is 4.40 Å². The van der Waals surface area contributed by atoms with Crippen molar-refractivity contribution in [1.29, 1.82) is 0 Å². The van der Waals surface area contributed by atoms with E-state index in [0.29, 0.717) is 34.6 Å². The topological polar surface area (TPSA) is 102 Å². The smallest absolute Gasteiger partial charge is 0.309 e. The molecular formula is C20H24FN5O3S. The Kier molecular flexibility index (Phi) is 4.68. The number of pyridine rings is 1. The molecule has 0 spiro atoms. The Bertz CT molecular complexity index is 1160. The molecule has 1 aliphatic carbocycles. The number of aromatic nitrogens is 1. The largest absolute Gasteiger partial charge is 0.369 e. The minimum absolute atomic E-state index is 0.0439. The van der Waals surface area contributed by atoms with Crippen LogP contribution in [0.2, 0.25) is 0 Å². The highest BCUT2D eigenvalue weighted by Crippen LogP contribution is 2.41. The van der Waals surface area contributed by atoms with Crippen molar-refractivity contribution in [3.8, 4) is 0 Å². The average Bonchev–Trinajstić information content (AvgIpc) is 3.23. The summed E-state index contributed by atoms with van der Waals surface area (Å²) >= 11 is -1.88. The molecule has 1 aromatic carbocycles. The predicted molar refractivity (Wildman–Crippen MR) is 114 cm³/mol. The highest BCUT2D eigenvalue weighted by molar-refractivity contribution is 7.79. The van der Waals surface area contributed by atoms with E-state index in [1.807, 2.05) is 18.7 Å². The Morgan fingerprint density at radius 1 is 1.37 bits per heavy atom. The van der Waals surface area contributed by atoms with Crippen LogP contribution in [0.25, 0.3) is 10.9 Å². The van der Waals surface area contributed by atoms with Gasteiger partial charge in [0.1, 0.15) is 5.82 Å². The molecule has 3 heterocycles. The van der Waals surface area contributed by atoms with Crippen molar-refractivity contribution >= 4 is 33.7 Å². The van der Waals surface area contributed by atoms with E-state index in [9.17, 15) is 9.00 Å². The van der Waals surface area contributed by atoms with Crippen molar-refractivity contribution in [2.75, 3.05) is 18.0 Å². The fraction of sp³-hybridized carbons (Fsp3) is 0.500. The molecular weight excluding hydrogens is 409 g/mol. The van der Waals surface area contributed by atoms with E-state index in [1.54, 1.807) is 4.57 Å². The summed E-state index contributed by atoms with van der Waals surface area (Å²) in [5, 5.41) is 0.553. The van der Waals surface area contributed by atoms with Crippen LogP contribution in [0.1, 0.15) is 43.4 Å². The summed E-state index contributed by atoms with van der Waals surface area (Å²) in [6.07, 6.45) is 2.75. The third-order valence-corrected chi connectivity index (χ3v) is 6.88. The molecule has 0 amide bonds. The maximum atomic E-state index is 15.4. The summed E-state index contributed by atoms with van der Waals surface area (Å²) in [4.78, 5) is 15.1. The summed E-state index contributed by atoms with van der Waals surface area (Å²) in [5.41, 5.74) is 10.7. The molecule has 3 N–H and O–H groups in total. The van der Waals surface area contributed by atoms with Gasteiger partial charge in [-0.1, -0.05) is 0 Å². The first-order valence-electron chi connectivity index (χ1n) is 10.2.